The minimum atomic E-state index is 0. The highest BCUT2D eigenvalue weighted by Crippen LogP contribution is 2.11. The highest BCUT2D eigenvalue weighted by atomic mass is 35.5. The standard InChI is InChI=1S/C18H28N2O3.ClH/c19-10-12-20(11-6-16-4-2-1-3-5-16)18(21)9-15-23-17-7-13-22-14-8-17;/h1-5,17H,6-15,19H2;1H. The Morgan fingerprint density at radius 2 is 1.92 bits per heavy atom. The van der Waals surface area contributed by atoms with Crippen molar-refractivity contribution in [1.29, 1.82) is 0 Å². The van der Waals surface area contributed by atoms with Crippen LogP contribution in [0.3, 0.4) is 0 Å². The second-order valence-corrected chi connectivity index (χ2v) is 5.84. The Labute approximate surface area is 150 Å². The van der Waals surface area contributed by atoms with Gasteiger partial charge in [0.15, 0.2) is 0 Å². The van der Waals surface area contributed by atoms with E-state index in [1.54, 1.807) is 0 Å². The third-order valence-electron chi connectivity index (χ3n) is 4.10. The van der Waals surface area contributed by atoms with Crippen molar-refractivity contribution in [2.75, 3.05) is 39.5 Å². The summed E-state index contributed by atoms with van der Waals surface area (Å²) in [5.41, 5.74) is 6.88. The molecule has 1 saturated heterocycles. The third-order valence-corrected chi connectivity index (χ3v) is 4.10. The summed E-state index contributed by atoms with van der Waals surface area (Å²) < 4.78 is 11.1. The quantitative estimate of drug-likeness (QED) is 0.735. The molecule has 24 heavy (non-hydrogen) atoms. The number of carbonyl (C=O) groups is 1. The summed E-state index contributed by atoms with van der Waals surface area (Å²) in [5, 5.41) is 0. The molecule has 1 amide bonds. The van der Waals surface area contributed by atoms with Crippen molar-refractivity contribution >= 4 is 18.3 Å². The van der Waals surface area contributed by atoms with Gasteiger partial charge in [0, 0.05) is 32.8 Å². The van der Waals surface area contributed by atoms with Crippen LogP contribution in [0.15, 0.2) is 30.3 Å². The summed E-state index contributed by atoms with van der Waals surface area (Å²) in [4.78, 5) is 14.2. The summed E-state index contributed by atoms with van der Waals surface area (Å²) in [6, 6.07) is 10.2. The molecule has 0 radical (unpaired) electrons. The van der Waals surface area contributed by atoms with Crippen LogP contribution in [0.5, 0.6) is 0 Å². The van der Waals surface area contributed by atoms with Crippen LogP contribution >= 0.6 is 12.4 Å². The molecule has 2 rings (SSSR count). The molecule has 136 valence electrons. The zero-order valence-corrected chi connectivity index (χ0v) is 15.0. The Bertz CT molecular complexity index is 453. The molecule has 0 unspecified atom stereocenters. The number of halogens is 1. The van der Waals surface area contributed by atoms with E-state index in [9.17, 15) is 4.79 Å². The number of rotatable bonds is 9. The topological polar surface area (TPSA) is 64.8 Å². The summed E-state index contributed by atoms with van der Waals surface area (Å²) >= 11 is 0. The van der Waals surface area contributed by atoms with Gasteiger partial charge in [-0.05, 0) is 24.8 Å². The lowest BCUT2D eigenvalue weighted by atomic mass is 10.1. The predicted octanol–water partition coefficient (Wildman–Crippen LogP) is 2.02. The minimum Gasteiger partial charge on any atom is -0.381 e. The van der Waals surface area contributed by atoms with E-state index in [1.807, 2.05) is 23.1 Å². The van der Waals surface area contributed by atoms with E-state index in [2.05, 4.69) is 12.1 Å². The van der Waals surface area contributed by atoms with E-state index in [4.69, 9.17) is 15.2 Å². The molecule has 0 saturated carbocycles. The van der Waals surface area contributed by atoms with Gasteiger partial charge in [0.05, 0.1) is 19.1 Å². The molecule has 0 aromatic heterocycles. The molecular formula is C18H29ClN2O3. The number of ether oxygens (including phenoxy) is 2. The normalized spacial score (nSPS) is 14.9. The molecule has 1 heterocycles. The van der Waals surface area contributed by atoms with Crippen molar-refractivity contribution in [1.82, 2.24) is 4.90 Å². The zero-order chi connectivity index (χ0) is 16.3. The Kier molecular flexibility index (Phi) is 10.7. The largest absolute Gasteiger partial charge is 0.381 e. The molecule has 1 aliphatic heterocycles. The van der Waals surface area contributed by atoms with Crippen molar-refractivity contribution in [3.63, 3.8) is 0 Å². The SMILES string of the molecule is Cl.NCCN(CCc1ccccc1)C(=O)CCOC1CCOCC1. The van der Waals surface area contributed by atoms with Crippen LogP contribution in [-0.4, -0.2) is 56.4 Å². The fourth-order valence-corrected chi connectivity index (χ4v) is 2.74. The van der Waals surface area contributed by atoms with Crippen molar-refractivity contribution in [3.05, 3.63) is 35.9 Å². The average molecular weight is 357 g/mol. The molecule has 1 fully saturated rings. The van der Waals surface area contributed by atoms with E-state index in [0.29, 0.717) is 32.7 Å². The van der Waals surface area contributed by atoms with Crippen LogP contribution in [0, 0.1) is 0 Å². The Morgan fingerprint density at radius 1 is 1.21 bits per heavy atom. The van der Waals surface area contributed by atoms with Gasteiger partial charge in [-0.25, -0.2) is 0 Å². The van der Waals surface area contributed by atoms with Gasteiger partial charge in [0.1, 0.15) is 0 Å². The number of hydrogen-bond donors (Lipinski definition) is 1. The van der Waals surface area contributed by atoms with Gasteiger partial charge in [-0.1, -0.05) is 30.3 Å². The molecule has 2 N–H and O–H groups in total. The first-order valence-corrected chi connectivity index (χ1v) is 8.50. The maximum atomic E-state index is 12.4. The van der Waals surface area contributed by atoms with Crippen LogP contribution in [0.1, 0.15) is 24.8 Å². The summed E-state index contributed by atoms with van der Waals surface area (Å²) in [7, 11) is 0. The van der Waals surface area contributed by atoms with Gasteiger partial charge >= 0.3 is 0 Å². The lowest BCUT2D eigenvalue weighted by molar-refractivity contribution is -0.133. The highest BCUT2D eigenvalue weighted by molar-refractivity contribution is 5.85. The average Bonchev–Trinajstić information content (AvgIpc) is 2.60. The maximum absolute atomic E-state index is 12.4. The third kappa shape index (κ3) is 7.62. The summed E-state index contributed by atoms with van der Waals surface area (Å²) in [5.74, 6) is 0.124. The highest BCUT2D eigenvalue weighted by Gasteiger charge is 2.16. The van der Waals surface area contributed by atoms with E-state index < -0.39 is 0 Å². The van der Waals surface area contributed by atoms with E-state index in [1.165, 1.54) is 5.56 Å². The van der Waals surface area contributed by atoms with Crippen LogP contribution < -0.4 is 5.73 Å². The summed E-state index contributed by atoms with van der Waals surface area (Å²) in [6.07, 6.45) is 3.37. The number of carbonyl (C=O) groups excluding carboxylic acids is 1. The van der Waals surface area contributed by atoms with E-state index in [0.717, 1.165) is 32.5 Å². The van der Waals surface area contributed by atoms with Crippen molar-refractivity contribution in [3.8, 4) is 0 Å². The van der Waals surface area contributed by atoms with Gasteiger partial charge in [-0.2, -0.15) is 0 Å². The molecule has 1 aromatic carbocycles. The number of amides is 1. The first-order valence-electron chi connectivity index (χ1n) is 8.50. The number of hydrogen-bond acceptors (Lipinski definition) is 4. The molecule has 5 nitrogen and oxygen atoms in total. The molecule has 0 atom stereocenters. The zero-order valence-electron chi connectivity index (χ0n) is 14.2. The van der Waals surface area contributed by atoms with Crippen molar-refractivity contribution < 1.29 is 14.3 Å². The van der Waals surface area contributed by atoms with Gasteiger partial charge in [-0.15, -0.1) is 12.4 Å². The van der Waals surface area contributed by atoms with Gasteiger partial charge < -0.3 is 20.1 Å². The maximum Gasteiger partial charge on any atom is 0.224 e. The smallest absolute Gasteiger partial charge is 0.224 e. The van der Waals surface area contributed by atoms with E-state index >= 15 is 0 Å². The molecular weight excluding hydrogens is 328 g/mol. The molecule has 1 aromatic rings. The lowest BCUT2D eigenvalue weighted by Crippen LogP contribution is -2.37. The Morgan fingerprint density at radius 3 is 2.58 bits per heavy atom. The number of benzene rings is 1. The minimum absolute atomic E-state index is 0. The first-order chi connectivity index (χ1) is 11.3. The van der Waals surface area contributed by atoms with E-state index in [-0.39, 0.29) is 24.4 Å². The fourth-order valence-electron chi connectivity index (χ4n) is 2.74. The molecule has 6 heteroatoms. The fraction of sp³-hybridized carbons (Fsp3) is 0.611. The van der Waals surface area contributed by atoms with Crippen molar-refractivity contribution in [2.45, 2.75) is 31.8 Å². The Hall–Kier alpha value is -1.14. The first kappa shape index (κ1) is 20.9. The van der Waals surface area contributed by atoms with Gasteiger partial charge in [-0.3, -0.25) is 4.79 Å². The van der Waals surface area contributed by atoms with Crippen LogP contribution in [0.2, 0.25) is 0 Å². The van der Waals surface area contributed by atoms with Crippen LogP contribution in [0.25, 0.3) is 0 Å². The second-order valence-electron chi connectivity index (χ2n) is 5.84. The second kappa shape index (κ2) is 12.3. The van der Waals surface area contributed by atoms with Gasteiger partial charge in [0.2, 0.25) is 5.91 Å². The number of nitrogens with zero attached hydrogens (tertiary/aromatic N) is 1. The predicted molar refractivity (Wildman–Crippen MR) is 97.4 cm³/mol. The monoisotopic (exact) mass is 356 g/mol. The summed E-state index contributed by atoms with van der Waals surface area (Å²) in [6.45, 7) is 3.79. The van der Waals surface area contributed by atoms with Gasteiger partial charge in [0.25, 0.3) is 0 Å². The number of nitrogens with two attached hydrogens (primary N) is 1. The molecule has 0 aliphatic carbocycles. The molecule has 1 aliphatic rings. The van der Waals surface area contributed by atoms with Crippen molar-refractivity contribution in [2.24, 2.45) is 5.73 Å². The van der Waals surface area contributed by atoms with Crippen LogP contribution in [0.4, 0.5) is 0 Å². The lowest BCUT2D eigenvalue weighted by Gasteiger charge is -2.24. The molecule has 0 spiro atoms. The molecule has 0 bridgehead atoms. The van der Waals surface area contributed by atoms with Crippen LogP contribution in [-0.2, 0) is 20.7 Å². The Balaban J connectivity index is 0.00000288.